The number of carbonyl (C=O) groups is 1. The Kier molecular flexibility index (Phi) is 5.18. The minimum atomic E-state index is -0.581. The Hall–Kier alpha value is -3.26. The van der Waals surface area contributed by atoms with Crippen LogP contribution in [0.15, 0.2) is 36.4 Å². The van der Waals surface area contributed by atoms with E-state index in [1.807, 2.05) is 0 Å². The Bertz CT molecular complexity index is 1030. The number of nitrogens with zero attached hydrogens (tertiary/aromatic N) is 1. The highest BCUT2D eigenvalue weighted by Gasteiger charge is 2.20. The highest BCUT2D eigenvalue weighted by atomic mass is 35.5. The molecule has 2 aromatic carbocycles. The van der Waals surface area contributed by atoms with Gasteiger partial charge >= 0.3 is 5.97 Å². The van der Waals surface area contributed by atoms with Crippen LogP contribution in [-0.2, 0) is 4.74 Å². The summed E-state index contributed by atoms with van der Waals surface area (Å²) in [6.07, 6.45) is 0. The quantitative estimate of drug-likeness (QED) is 0.361. The second-order valence-corrected chi connectivity index (χ2v) is 5.96. The number of hydrogen-bond donors (Lipinski definition) is 2. The molecule has 0 atom stereocenters. The van der Waals surface area contributed by atoms with Crippen molar-refractivity contribution in [3.05, 3.63) is 57.2 Å². The zero-order chi connectivity index (χ0) is 19.6. The van der Waals surface area contributed by atoms with Gasteiger partial charge in [0.1, 0.15) is 17.0 Å². The van der Waals surface area contributed by atoms with Crippen molar-refractivity contribution in [1.29, 1.82) is 0 Å². The van der Waals surface area contributed by atoms with E-state index in [2.05, 4.69) is 10.3 Å². The van der Waals surface area contributed by atoms with E-state index in [9.17, 15) is 14.9 Å². The van der Waals surface area contributed by atoms with Crippen LogP contribution >= 0.6 is 11.6 Å². The first-order chi connectivity index (χ1) is 12.9. The maximum atomic E-state index is 12.0. The number of nitro benzene ring substituents is 1. The molecule has 1 heterocycles. The van der Waals surface area contributed by atoms with Crippen molar-refractivity contribution in [2.45, 2.75) is 6.92 Å². The minimum absolute atomic E-state index is 0.137. The number of halogens is 1. The molecule has 9 heteroatoms. The van der Waals surface area contributed by atoms with Gasteiger partial charge < -0.3 is 19.8 Å². The lowest BCUT2D eigenvalue weighted by Crippen LogP contribution is -2.04. The fourth-order valence-electron chi connectivity index (χ4n) is 2.68. The van der Waals surface area contributed by atoms with Crippen LogP contribution < -0.4 is 10.1 Å². The lowest BCUT2D eigenvalue weighted by atomic mass is 10.1. The van der Waals surface area contributed by atoms with Crippen LogP contribution in [-0.4, -0.2) is 29.6 Å². The van der Waals surface area contributed by atoms with Crippen molar-refractivity contribution >= 4 is 45.5 Å². The van der Waals surface area contributed by atoms with Crippen LogP contribution in [0.5, 0.6) is 5.75 Å². The van der Waals surface area contributed by atoms with Crippen LogP contribution in [0.25, 0.3) is 10.9 Å². The molecule has 3 rings (SSSR count). The summed E-state index contributed by atoms with van der Waals surface area (Å²) in [5.41, 5.74) is 1.48. The van der Waals surface area contributed by atoms with Gasteiger partial charge in [-0.05, 0) is 31.2 Å². The smallest absolute Gasteiger partial charge is 0.354 e. The maximum absolute atomic E-state index is 12.0. The number of nitro groups is 1. The Morgan fingerprint density at radius 2 is 2.07 bits per heavy atom. The number of aromatic amines is 1. The average molecular weight is 390 g/mol. The number of aromatic nitrogens is 1. The molecule has 0 aliphatic carbocycles. The Morgan fingerprint density at radius 3 is 2.74 bits per heavy atom. The van der Waals surface area contributed by atoms with Crippen LogP contribution in [0.1, 0.15) is 17.4 Å². The summed E-state index contributed by atoms with van der Waals surface area (Å²) in [5.74, 6) is -0.0942. The molecule has 27 heavy (non-hydrogen) atoms. The van der Waals surface area contributed by atoms with Crippen molar-refractivity contribution in [2.75, 3.05) is 19.0 Å². The summed E-state index contributed by atoms with van der Waals surface area (Å²) in [5, 5.41) is 15.4. The lowest BCUT2D eigenvalue weighted by molar-refractivity contribution is -0.383. The monoisotopic (exact) mass is 389 g/mol. The summed E-state index contributed by atoms with van der Waals surface area (Å²) in [7, 11) is 1.51. The Balaban J connectivity index is 2.09. The molecule has 0 amide bonds. The molecular formula is C18H16ClN3O5. The SMILES string of the molecule is CCOC(=O)c1cc2c(Nc3ccc(Cl)c(OC)c3)ccc([N+](=O)[O-])c2[nH]1. The first-order valence-corrected chi connectivity index (χ1v) is 8.40. The molecule has 1 aromatic heterocycles. The normalized spacial score (nSPS) is 10.6. The summed E-state index contributed by atoms with van der Waals surface area (Å²) in [4.78, 5) is 25.6. The second-order valence-electron chi connectivity index (χ2n) is 5.56. The first kappa shape index (κ1) is 18.5. The van der Waals surface area contributed by atoms with Crippen LogP contribution in [0.4, 0.5) is 17.1 Å². The van der Waals surface area contributed by atoms with Crippen molar-refractivity contribution < 1.29 is 19.2 Å². The van der Waals surface area contributed by atoms with Crippen LogP contribution in [0.2, 0.25) is 5.02 Å². The second kappa shape index (κ2) is 7.55. The molecule has 0 aliphatic rings. The number of non-ortho nitro benzene ring substituents is 1. The van der Waals surface area contributed by atoms with Gasteiger partial charge in [-0.25, -0.2) is 4.79 Å². The molecule has 0 aliphatic heterocycles. The summed E-state index contributed by atoms with van der Waals surface area (Å²) < 4.78 is 10.2. The third-order valence-electron chi connectivity index (χ3n) is 3.89. The number of ether oxygens (including phenoxy) is 2. The number of benzene rings is 2. The molecule has 0 saturated carbocycles. The molecule has 140 valence electrons. The van der Waals surface area contributed by atoms with Gasteiger partial charge in [-0.3, -0.25) is 10.1 Å². The van der Waals surface area contributed by atoms with E-state index in [-0.39, 0.29) is 23.5 Å². The molecule has 0 bridgehead atoms. The first-order valence-electron chi connectivity index (χ1n) is 8.02. The van der Waals surface area contributed by atoms with Crippen LogP contribution in [0, 0.1) is 10.1 Å². The van der Waals surface area contributed by atoms with E-state index < -0.39 is 10.9 Å². The summed E-state index contributed by atoms with van der Waals surface area (Å²) in [6.45, 7) is 1.88. The third-order valence-corrected chi connectivity index (χ3v) is 4.21. The topological polar surface area (TPSA) is 106 Å². The van der Waals surface area contributed by atoms with Crippen molar-refractivity contribution in [3.63, 3.8) is 0 Å². The third kappa shape index (κ3) is 3.65. The van der Waals surface area contributed by atoms with Crippen molar-refractivity contribution in [3.8, 4) is 5.75 Å². The van der Waals surface area contributed by atoms with E-state index in [1.54, 1.807) is 31.2 Å². The van der Waals surface area contributed by atoms with Crippen LogP contribution in [0.3, 0.4) is 0 Å². The fourth-order valence-corrected chi connectivity index (χ4v) is 2.87. The number of methoxy groups -OCH3 is 1. The molecule has 3 aromatic rings. The zero-order valence-electron chi connectivity index (χ0n) is 14.5. The molecular weight excluding hydrogens is 374 g/mol. The number of rotatable bonds is 6. The van der Waals surface area contributed by atoms with E-state index >= 15 is 0 Å². The number of nitrogens with one attached hydrogen (secondary N) is 2. The van der Waals surface area contributed by atoms with E-state index in [0.29, 0.717) is 27.5 Å². The molecule has 8 nitrogen and oxygen atoms in total. The standard InChI is InChI=1S/C18H16ClN3O5/c1-3-27-18(23)14-9-11-13(6-7-15(22(24)25)17(11)21-14)20-10-4-5-12(19)16(8-10)26-2/h4-9,20-21H,3H2,1-2H3. The zero-order valence-corrected chi connectivity index (χ0v) is 15.3. The molecule has 0 radical (unpaired) electrons. The summed E-state index contributed by atoms with van der Waals surface area (Å²) >= 11 is 6.03. The predicted octanol–water partition coefficient (Wildman–Crippen LogP) is 4.66. The number of carbonyl (C=O) groups excluding carboxylic acids is 1. The van der Waals surface area contributed by atoms with E-state index in [1.165, 1.54) is 19.2 Å². The van der Waals surface area contributed by atoms with Gasteiger partial charge in [0.2, 0.25) is 0 Å². The van der Waals surface area contributed by atoms with Crippen molar-refractivity contribution in [1.82, 2.24) is 4.98 Å². The average Bonchev–Trinajstić information content (AvgIpc) is 3.09. The van der Waals surface area contributed by atoms with Gasteiger partial charge in [0.15, 0.2) is 0 Å². The molecule has 0 fully saturated rings. The van der Waals surface area contributed by atoms with Gasteiger partial charge in [0.05, 0.1) is 23.7 Å². The lowest BCUT2D eigenvalue weighted by Gasteiger charge is -2.10. The highest BCUT2D eigenvalue weighted by Crippen LogP contribution is 2.35. The van der Waals surface area contributed by atoms with E-state index in [0.717, 1.165) is 0 Å². The van der Waals surface area contributed by atoms with Gasteiger partial charge in [-0.15, -0.1) is 0 Å². The minimum Gasteiger partial charge on any atom is -0.495 e. The number of esters is 1. The van der Waals surface area contributed by atoms with Gasteiger partial charge in [0.25, 0.3) is 5.69 Å². The number of fused-ring (bicyclic) bond motifs is 1. The highest BCUT2D eigenvalue weighted by molar-refractivity contribution is 6.32. The largest absolute Gasteiger partial charge is 0.495 e. The Labute approximate surface area is 159 Å². The number of anilines is 2. The molecule has 0 saturated heterocycles. The van der Waals surface area contributed by atoms with Gasteiger partial charge in [-0.1, -0.05) is 11.6 Å². The number of hydrogen-bond acceptors (Lipinski definition) is 6. The maximum Gasteiger partial charge on any atom is 0.354 e. The molecule has 2 N–H and O–H groups in total. The van der Waals surface area contributed by atoms with E-state index in [4.69, 9.17) is 21.1 Å². The number of H-pyrrole nitrogens is 1. The van der Waals surface area contributed by atoms with Gasteiger partial charge in [-0.2, -0.15) is 0 Å². The molecule has 0 spiro atoms. The fraction of sp³-hybridized carbons (Fsp3) is 0.167. The van der Waals surface area contributed by atoms with Gasteiger partial charge in [0, 0.05) is 28.9 Å². The predicted molar refractivity (Wildman–Crippen MR) is 102 cm³/mol. The summed E-state index contributed by atoms with van der Waals surface area (Å²) in [6, 6.07) is 9.58. The van der Waals surface area contributed by atoms with Crippen molar-refractivity contribution in [2.24, 2.45) is 0 Å². The molecule has 0 unspecified atom stereocenters. The Morgan fingerprint density at radius 1 is 1.30 bits per heavy atom.